The molecule has 5 heteroatoms. The van der Waals surface area contributed by atoms with Crippen LogP contribution in [0.4, 0.5) is 5.82 Å². The smallest absolute Gasteiger partial charge is 0.128 e. The number of nitrogens with two attached hydrogens (primary N) is 1. The van der Waals surface area contributed by atoms with E-state index in [4.69, 9.17) is 15.2 Å². The van der Waals surface area contributed by atoms with E-state index >= 15 is 0 Å². The molecule has 0 fully saturated rings. The Kier molecular flexibility index (Phi) is 8.18. The van der Waals surface area contributed by atoms with E-state index in [-0.39, 0.29) is 6.04 Å². The Balaban J connectivity index is 2.63. The van der Waals surface area contributed by atoms with Gasteiger partial charge in [-0.25, -0.2) is 4.98 Å². The largest absolute Gasteiger partial charge is 0.383 e. The minimum atomic E-state index is 0.186. The summed E-state index contributed by atoms with van der Waals surface area (Å²) in [6.07, 6.45) is 3.71. The summed E-state index contributed by atoms with van der Waals surface area (Å²) in [4.78, 5) is 4.20. The first-order valence-corrected chi connectivity index (χ1v) is 7.21. The van der Waals surface area contributed by atoms with Crippen LogP contribution in [0.5, 0.6) is 0 Å². The maximum absolute atomic E-state index is 6.03. The van der Waals surface area contributed by atoms with Gasteiger partial charge in [-0.1, -0.05) is 6.92 Å². The predicted molar refractivity (Wildman–Crippen MR) is 81.7 cm³/mol. The zero-order valence-corrected chi connectivity index (χ0v) is 12.8. The van der Waals surface area contributed by atoms with Crippen molar-refractivity contribution in [2.24, 2.45) is 0 Å². The van der Waals surface area contributed by atoms with Crippen molar-refractivity contribution in [3.05, 3.63) is 23.4 Å². The first-order valence-electron chi connectivity index (χ1n) is 7.21. The van der Waals surface area contributed by atoms with Crippen molar-refractivity contribution in [3.8, 4) is 0 Å². The van der Waals surface area contributed by atoms with Crippen LogP contribution in [0.25, 0.3) is 0 Å². The van der Waals surface area contributed by atoms with Crippen LogP contribution in [-0.4, -0.2) is 38.5 Å². The number of methoxy groups -OCH3 is 1. The molecule has 1 rings (SSSR count). The molecule has 1 aromatic rings. The number of anilines is 1. The molecule has 0 bridgehead atoms. The maximum atomic E-state index is 6.03. The van der Waals surface area contributed by atoms with E-state index in [1.807, 2.05) is 6.07 Å². The summed E-state index contributed by atoms with van der Waals surface area (Å²) in [7, 11) is 1.68. The van der Waals surface area contributed by atoms with Crippen LogP contribution in [-0.2, 0) is 9.47 Å². The second kappa shape index (κ2) is 9.69. The number of rotatable bonds is 10. The van der Waals surface area contributed by atoms with E-state index < -0.39 is 0 Å². The third kappa shape index (κ3) is 5.45. The topological polar surface area (TPSA) is 69.4 Å². The number of nitrogens with one attached hydrogen (secondary N) is 1. The summed E-state index contributed by atoms with van der Waals surface area (Å²) in [6, 6.07) is 2.18. The highest BCUT2D eigenvalue weighted by Crippen LogP contribution is 2.25. The molecule has 0 spiro atoms. The van der Waals surface area contributed by atoms with Gasteiger partial charge in [0.15, 0.2) is 0 Å². The zero-order chi connectivity index (χ0) is 14.8. The summed E-state index contributed by atoms with van der Waals surface area (Å²) in [6.45, 7) is 7.10. The molecular formula is C15H27N3O2. The van der Waals surface area contributed by atoms with Gasteiger partial charge in [0.05, 0.1) is 13.2 Å². The number of nitrogen functional groups attached to an aromatic ring is 1. The van der Waals surface area contributed by atoms with Gasteiger partial charge in [0.2, 0.25) is 0 Å². The monoisotopic (exact) mass is 281 g/mol. The minimum Gasteiger partial charge on any atom is -0.383 e. The summed E-state index contributed by atoms with van der Waals surface area (Å²) in [5, 5.41) is 3.53. The number of aryl methyl sites for hydroxylation is 1. The lowest BCUT2D eigenvalue weighted by Crippen LogP contribution is -2.25. The van der Waals surface area contributed by atoms with E-state index in [9.17, 15) is 0 Å². The number of nitrogens with zero attached hydrogens (tertiary/aromatic N) is 1. The molecule has 114 valence electrons. The molecule has 1 atom stereocenters. The fourth-order valence-electron chi connectivity index (χ4n) is 2.16. The molecule has 1 unspecified atom stereocenters. The van der Waals surface area contributed by atoms with E-state index in [0.29, 0.717) is 25.6 Å². The maximum Gasteiger partial charge on any atom is 0.128 e. The van der Waals surface area contributed by atoms with Gasteiger partial charge in [-0.15, -0.1) is 0 Å². The number of pyridine rings is 1. The molecule has 0 saturated carbocycles. The van der Waals surface area contributed by atoms with Gasteiger partial charge < -0.3 is 20.5 Å². The van der Waals surface area contributed by atoms with Crippen LogP contribution < -0.4 is 11.1 Å². The van der Waals surface area contributed by atoms with Gasteiger partial charge in [0.25, 0.3) is 0 Å². The second-order valence-electron chi connectivity index (χ2n) is 4.83. The van der Waals surface area contributed by atoms with E-state index in [1.54, 1.807) is 13.3 Å². The summed E-state index contributed by atoms with van der Waals surface area (Å²) >= 11 is 0. The van der Waals surface area contributed by atoms with Crippen LogP contribution in [0, 0.1) is 6.92 Å². The molecule has 0 aliphatic carbocycles. The van der Waals surface area contributed by atoms with Gasteiger partial charge in [-0.3, -0.25) is 0 Å². The third-order valence-electron chi connectivity index (χ3n) is 3.21. The van der Waals surface area contributed by atoms with Crippen LogP contribution in [0.2, 0.25) is 0 Å². The zero-order valence-electron chi connectivity index (χ0n) is 12.8. The van der Waals surface area contributed by atoms with Crippen molar-refractivity contribution < 1.29 is 9.47 Å². The Labute approximate surface area is 121 Å². The Hall–Kier alpha value is -1.17. The van der Waals surface area contributed by atoms with E-state index in [0.717, 1.165) is 24.9 Å². The number of aromatic nitrogens is 1. The molecule has 0 radical (unpaired) electrons. The highest BCUT2D eigenvalue weighted by molar-refractivity contribution is 5.46. The molecule has 0 aliphatic rings. The summed E-state index contributed by atoms with van der Waals surface area (Å²) in [5.41, 5.74) is 8.30. The molecule has 5 nitrogen and oxygen atoms in total. The number of hydrogen-bond donors (Lipinski definition) is 2. The van der Waals surface area contributed by atoms with Crippen molar-refractivity contribution in [2.45, 2.75) is 32.7 Å². The molecule has 1 heterocycles. The fourth-order valence-corrected chi connectivity index (χ4v) is 2.16. The fraction of sp³-hybridized carbons (Fsp3) is 0.667. The third-order valence-corrected chi connectivity index (χ3v) is 3.21. The van der Waals surface area contributed by atoms with Gasteiger partial charge in [0.1, 0.15) is 5.82 Å². The van der Waals surface area contributed by atoms with Crippen molar-refractivity contribution in [3.63, 3.8) is 0 Å². The molecule has 0 amide bonds. The number of ether oxygens (including phenoxy) is 2. The first-order chi connectivity index (χ1) is 9.70. The predicted octanol–water partition coefficient (Wildman–Crippen LogP) is 2.07. The lowest BCUT2D eigenvalue weighted by molar-refractivity contribution is 0.0657. The lowest BCUT2D eigenvalue weighted by Gasteiger charge is -2.22. The quantitative estimate of drug-likeness (QED) is 0.643. The Bertz CT molecular complexity index is 365. The molecule has 3 N–H and O–H groups in total. The first kappa shape index (κ1) is 16.9. The average molecular weight is 281 g/mol. The second-order valence-corrected chi connectivity index (χ2v) is 4.83. The van der Waals surface area contributed by atoms with E-state index in [1.165, 1.54) is 5.56 Å². The SMILES string of the molecule is CCCNC(CCOCCOC)c1c(C)ccnc1N. The Morgan fingerprint density at radius 1 is 1.35 bits per heavy atom. The van der Waals surface area contributed by atoms with Gasteiger partial charge in [-0.2, -0.15) is 0 Å². The van der Waals surface area contributed by atoms with Crippen LogP contribution in [0.1, 0.15) is 36.9 Å². The summed E-state index contributed by atoms with van der Waals surface area (Å²) < 4.78 is 10.5. The van der Waals surface area contributed by atoms with Crippen LogP contribution in [0.3, 0.4) is 0 Å². The van der Waals surface area contributed by atoms with Crippen LogP contribution >= 0.6 is 0 Å². The van der Waals surface area contributed by atoms with Crippen molar-refractivity contribution in [2.75, 3.05) is 39.2 Å². The molecule has 0 aromatic carbocycles. The van der Waals surface area contributed by atoms with Crippen molar-refractivity contribution in [1.82, 2.24) is 10.3 Å². The minimum absolute atomic E-state index is 0.186. The van der Waals surface area contributed by atoms with Gasteiger partial charge >= 0.3 is 0 Å². The Morgan fingerprint density at radius 2 is 2.15 bits per heavy atom. The summed E-state index contributed by atoms with van der Waals surface area (Å²) in [5.74, 6) is 0.607. The Morgan fingerprint density at radius 3 is 2.80 bits per heavy atom. The molecule has 20 heavy (non-hydrogen) atoms. The molecule has 0 saturated heterocycles. The standard InChI is InChI=1S/C15H27N3O2/c1-4-7-17-13(6-9-20-11-10-19-3)14-12(2)5-8-18-15(14)16/h5,8,13,17H,4,6-7,9-11H2,1-3H3,(H2,16,18). The number of hydrogen-bond acceptors (Lipinski definition) is 5. The lowest BCUT2D eigenvalue weighted by atomic mass is 10.00. The van der Waals surface area contributed by atoms with Gasteiger partial charge in [0, 0.05) is 31.5 Å². The van der Waals surface area contributed by atoms with Crippen molar-refractivity contribution in [1.29, 1.82) is 0 Å². The van der Waals surface area contributed by atoms with Crippen LogP contribution in [0.15, 0.2) is 12.3 Å². The molecular weight excluding hydrogens is 254 g/mol. The molecule has 0 aliphatic heterocycles. The highest BCUT2D eigenvalue weighted by atomic mass is 16.5. The molecule has 1 aromatic heterocycles. The van der Waals surface area contributed by atoms with E-state index in [2.05, 4.69) is 24.1 Å². The van der Waals surface area contributed by atoms with Crippen molar-refractivity contribution >= 4 is 5.82 Å². The highest BCUT2D eigenvalue weighted by Gasteiger charge is 2.16. The average Bonchev–Trinajstić information content (AvgIpc) is 2.43. The van der Waals surface area contributed by atoms with Gasteiger partial charge in [-0.05, 0) is 37.9 Å². The normalized spacial score (nSPS) is 12.6.